The van der Waals surface area contributed by atoms with E-state index in [1.165, 1.54) is 35.5 Å². The van der Waals surface area contributed by atoms with E-state index in [1.54, 1.807) is 31.4 Å². The number of allylic oxidation sites excluding steroid dienone is 1. The maximum atomic E-state index is 13.5. The summed E-state index contributed by atoms with van der Waals surface area (Å²) in [7, 11) is 3.10. The third-order valence-electron chi connectivity index (χ3n) is 6.13. The van der Waals surface area contributed by atoms with Crippen molar-refractivity contribution in [1.82, 2.24) is 10.4 Å². The molecule has 42 heavy (non-hydrogen) atoms. The number of rotatable bonds is 12. The molecule has 0 radical (unpaired) electrons. The first-order valence-electron chi connectivity index (χ1n) is 12.8. The van der Waals surface area contributed by atoms with Crippen molar-refractivity contribution in [3.8, 4) is 5.75 Å². The molecule has 13 heteroatoms. The Labute approximate surface area is 252 Å². The van der Waals surface area contributed by atoms with E-state index in [0.29, 0.717) is 27.7 Å². The van der Waals surface area contributed by atoms with Crippen molar-refractivity contribution < 1.29 is 23.9 Å². The maximum absolute atomic E-state index is 13.5. The minimum Gasteiger partial charge on any atom is -0.497 e. The lowest BCUT2D eigenvalue weighted by Gasteiger charge is -2.45. The summed E-state index contributed by atoms with van der Waals surface area (Å²) in [6.45, 7) is 6.00. The Bertz CT molecular complexity index is 1470. The molecule has 0 spiro atoms. The van der Waals surface area contributed by atoms with Crippen LogP contribution in [0.5, 0.6) is 5.75 Å². The topological polar surface area (TPSA) is 134 Å². The lowest BCUT2D eigenvalue weighted by Crippen LogP contribution is -2.62. The zero-order valence-electron chi connectivity index (χ0n) is 23.4. The van der Waals surface area contributed by atoms with Crippen LogP contribution in [0.25, 0.3) is 0 Å². The van der Waals surface area contributed by atoms with Gasteiger partial charge in [-0.3, -0.25) is 14.5 Å². The first kappa shape index (κ1) is 30.7. The Hall–Kier alpha value is -4.23. The van der Waals surface area contributed by atoms with Crippen molar-refractivity contribution in [2.75, 3.05) is 25.7 Å². The number of benzene rings is 2. The average Bonchev–Trinajstić information content (AvgIpc) is 3.00. The van der Waals surface area contributed by atoms with Crippen LogP contribution in [0.1, 0.15) is 18.1 Å². The van der Waals surface area contributed by atoms with Crippen molar-refractivity contribution >= 4 is 52.7 Å². The molecule has 4 rings (SSSR count). The highest BCUT2D eigenvalue weighted by Crippen LogP contribution is 2.45. The predicted molar refractivity (Wildman–Crippen MR) is 164 cm³/mol. The maximum Gasteiger partial charge on any atom is 0.355 e. The van der Waals surface area contributed by atoms with Gasteiger partial charge in [0.2, 0.25) is 0 Å². The summed E-state index contributed by atoms with van der Waals surface area (Å²) in [6.07, 6.45) is 0.0693. The van der Waals surface area contributed by atoms with Crippen LogP contribution in [0, 0.1) is 0 Å². The number of hydrogen-bond donors (Lipinski definition) is 1. The molecular weight excluding hydrogens is 576 g/mol. The number of nitrogens with one attached hydrogen (secondary N) is 1. The fraction of sp³-hybridized carbons (Fsp3) is 0.276. The molecule has 0 aromatic heterocycles. The van der Waals surface area contributed by atoms with Crippen LogP contribution < -0.4 is 10.3 Å². The monoisotopic (exact) mass is 606 g/mol. The van der Waals surface area contributed by atoms with Crippen LogP contribution in [0.15, 0.2) is 97.8 Å². The zero-order chi connectivity index (χ0) is 30.1. The molecule has 2 aromatic carbocycles. The molecule has 2 aliphatic heterocycles. The smallest absolute Gasteiger partial charge is 0.355 e. The number of β-lactam (4-membered cyclic amide) rings is 1. The molecule has 2 aromatic rings. The van der Waals surface area contributed by atoms with Crippen LogP contribution in [0.3, 0.4) is 0 Å². The molecule has 1 N–H and O–H groups in total. The van der Waals surface area contributed by atoms with E-state index in [2.05, 4.69) is 32.5 Å². The highest BCUT2D eigenvalue weighted by molar-refractivity contribution is 8.05. The minimum absolute atomic E-state index is 0.00100. The molecule has 0 saturated carbocycles. The molecule has 2 heterocycles. The normalized spacial score (nSPS) is 17.8. The molecular formula is C29H30N6O5S2. The summed E-state index contributed by atoms with van der Waals surface area (Å²) in [4.78, 5) is 45.6. The number of carbonyl (C=O) groups is 3. The second-order valence-electron chi connectivity index (χ2n) is 9.11. The summed E-state index contributed by atoms with van der Waals surface area (Å²) in [5.74, 6) is -0.0208. The summed E-state index contributed by atoms with van der Waals surface area (Å²) >= 11 is 2.78. The van der Waals surface area contributed by atoms with Crippen LogP contribution >= 0.6 is 23.5 Å². The number of esters is 1. The van der Waals surface area contributed by atoms with Gasteiger partial charge in [-0.2, -0.15) is 27.5 Å². The highest BCUT2D eigenvalue weighted by atomic mass is 32.2. The SMILES string of the molecule is C=C1SC2C(=NC(=O)Cc3ccccc3)C(=O)N2C(C(=O)OCc2ccc(OC)cc2)=C1CSC/C(C)=N/NN=NC. The van der Waals surface area contributed by atoms with E-state index in [9.17, 15) is 14.4 Å². The standard InChI is InChI=1S/C29H30N6O5S2/c1-18(32-34-33-30-3)16-41-17-23-19(2)42-28-25(31-24(36)14-20-8-6-5-7-9-20)27(37)35(28)26(23)29(38)40-15-21-10-12-22(39-4)13-11-21/h5-13,28H,2,14-17H2,1,3-4H3,(H,30,34)/b31-25?,32-18+. The van der Waals surface area contributed by atoms with Gasteiger partial charge in [0.15, 0.2) is 0 Å². The third-order valence-corrected chi connectivity index (χ3v) is 8.44. The number of aliphatic imine (C=N–C) groups is 1. The molecule has 1 atom stereocenters. The molecule has 1 fully saturated rings. The van der Waals surface area contributed by atoms with Gasteiger partial charge >= 0.3 is 5.97 Å². The van der Waals surface area contributed by atoms with Crippen LogP contribution in [-0.4, -0.2) is 65.1 Å². The highest BCUT2D eigenvalue weighted by Gasteiger charge is 2.52. The van der Waals surface area contributed by atoms with Gasteiger partial charge in [-0.15, -0.1) is 0 Å². The van der Waals surface area contributed by atoms with Crippen LogP contribution in [0.4, 0.5) is 0 Å². The summed E-state index contributed by atoms with van der Waals surface area (Å²) < 4.78 is 10.8. The Morgan fingerprint density at radius 1 is 1.12 bits per heavy atom. The van der Waals surface area contributed by atoms with Crippen molar-refractivity contribution in [3.63, 3.8) is 0 Å². The summed E-state index contributed by atoms with van der Waals surface area (Å²) in [6, 6.07) is 16.3. The van der Waals surface area contributed by atoms with Crippen molar-refractivity contribution in [2.45, 2.75) is 25.3 Å². The Kier molecular flexibility index (Phi) is 10.7. The van der Waals surface area contributed by atoms with Crippen LogP contribution in [-0.2, 0) is 32.1 Å². The van der Waals surface area contributed by atoms with Crippen LogP contribution in [0.2, 0.25) is 0 Å². The third kappa shape index (κ3) is 7.53. The zero-order valence-corrected chi connectivity index (χ0v) is 25.0. The number of fused-ring (bicyclic) bond motifs is 1. The first-order valence-corrected chi connectivity index (χ1v) is 14.9. The van der Waals surface area contributed by atoms with Gasteiger partial charge in [-0.05, 0) is 30.2 Å². The van der Waals surface area contributed by atoms with Gasteiger partial charge in [-0.1, -0.05) is 66.0 Å². The minimum atomic E-state index is -0.661. The summed E-state index contributed by atoms with van der Waals surface area (Å²) in [5, 5.41) is 10.6. The molecule has 2 amide bonds. The molecule has 2 aliphatic rings. The van der Waals surface area contributed by atoms with Gasteiger partial charge < -0.3 is 9.47 Å². The summed E-state index contributed by atoms with van der Waals surface area (Å²) in [5.41, 5.74) is 5.58. The predicted octanol–water partition coefficient (Wildman–Crippen LogP) is 4.33. The van der Waals surface area contributed by atoms with E-state index in [4.69, 9.17) is 9.47 Å². The number of methoxy groups -OCH3 is 1. The lowest BCUT2D eigenvalue weighted by molar-refractivity contribution is -0.145. The van der Waals surface area contributed by atoms with Gasteiger partial charge in [0.25, 0.3) is 11.8 Å². The van der Waals surface area contributed by atoms with E-state index in [1.807, 2.05) is 37.3 Å². The molecule has 1 unspecified atom stereocenters. The Morgan fingerprint density at radius 2 is 1.86 bits per heavy atom. The average molecular weight is 607 g/mol. The van der Waals surface area contributed by atoms with Crippen molar-refractivity contribution in [1.29, 1.82) is 0 Å². The lowest BCUT2D eigenvalue weighted by atomic mass is 10.1. The Balaban J connectivity index is 1.54. The van der Waals surface area contributed by atoms with Gasteiger partial charge in [0.05, 0.1) is 20.6 Å². The number of thioether (sulfide) groups is 2. The fourth-order valence-electron chi connectivity index (χ4n) is 4.04. The van der Waals surface area contributed by atoms with E-state index < -0.39 is 23.2 Å². The second-order valence-corrected chi connectivity index (χ2v) is 11.3. The number of hydrogen-bond acceptors (Lipinski definition) is 10. The van der Waals surface area contributed by atoms with Crippen molar-refractivity contribution in [3.05, 3.63) is 88.5 Å². The number of amides is 2. The molecule has 0 aliphatic carbocycles. The number of nitrogens with zero attached hydrogens (tertiary/aromatic N) is 5. The molecule has 0 bridgehead atoms. The van der Waals surface area contributed by atoms with Gasteiger partial charge in [0.1, 0.15) is 29.1 Å². The number of hydrazone groups is 1. The van der Waals surface area contributed by atoms with Crippen molar-refractivity contribution in [2.24, 2.45) is 20.4 Å². The quantitative estimate of drug-likeness (QED) is 0.124. The molecule has 218 valence electrons. The first-order chi connectivity index (χ1) is 20.3. The van der Waals surface area contributed by atoms with Gasteiger partial charge in [-0.25, -0.2) is 9.79 Å². The number of ether oxygens (including phenoxy) is 2. The van der Waals surface area contributed by atoms with E-state index in [-0.39, 0.29) is 24.4 Å². The van der Waals surface area contributed by atoms with Gasteiger partial charge in [0, 0.05) is 27.7 Å². The fourth-order valence-corrected chi connectivity index (χ4v) is 6.27. The van der Waals surface area contributed by atoms with E-state index >= 15 is 0 Å². The molecule has 11 nitrogen and oxygen atoms in total. The second kappa shape index (κ2) is 14.6. The number of carbonyl (C=O) groups excluding carboxylic acids is 3. The van der Waals surface area contributed by atoms with E-state index in [0.717, 1.165) is 16.8 Å². The Morgan fingerprint density at radius 3 is 2.55 bits per heavy atom. The largest absolute Gasteiger partial charge is 0.497 e. The molecule has 1 saturated heterocycles.